The van der Waals surface area contributed by atoms with Crippen LogP contribution in [0, 0.1) is 5.82 Å². The maximum atomic E-state index is 13.6. The second-order valence-corrected chi connectivity index (χ2v) is 5.55. The predicted octanol–water partition coefficient (Wildman–Crippen LogP) is 4.03. The summed E-state index contributed by atoms with van der Waals surface area (Å²) in [7, 11) is 1.80. The highest BCUT2D eigenvalue weighted by Crippen LogP contribution is 2.29. The fourth-order valence-electron chi connectivity index (χ4n) is 2.95. The van der Waals surface area contributed by atoms with E-state index in [1.807, 2.05) is 18.2 Å². The molecular weight excluding hydrogens is 303 g/mol. The van der Waals surface area contributed by atoms with Crippen LogP contribution in [0.15, 0.2) is 47.3 Å². The molecule has 0 aliphatic carbocycles. The van der Waals surface area contributed by atoms with Crippen molar-refractivity contribution in [2.75, 3.05) is 0 Å². The summed E-state index contributed by atoms with van der Waals surface area (Å²) in [5.41, 5.74) is 1.60. The average Bonchev–Trinajstić information content (AvgIpc) is 2.51. The molecule has 0 aliphatic rings. The summed E-state index contributed by atoms with van der Waals surface area (Å²) in [6, 6.07) is 11.5. The van der Waals surface area contributed by atoms with Crippen molar-refractivity contribution < 1.29 is 4.39 Å². The van der Waals surface area contributed by atoms with Crippen LogP contribution in [0.5, 0.6) is 0 Å². The van der Waals surface area contributed by atoms with Crippen molar-refractivity contribution >= 4 is 44.3 Å². The number of benzene rings is 2. The normalized spacial score (nSPS) is 11.6. The Bertz CT molecular complexity index is 1130. The van der Waals surface area contributed by atoms with Gasteiger partial charge in [-0.05, 0) is 24.3 Å². The van der Waals surface area contributed by atoms with Crippen molar-refractivity contribution in [2.45, 2.75) is 0 Å². The minimum Gasteiger partial charge on any atom is -0.341 e. The van der Waals surface area contributed by atoms with Gasteiger partial charge in [-0.3, -0.25) is 4.79 Å². The van der Waals surface area contributed by atoms with Crippen LogP contribution in [0.4, 0.5) is 4.39 Å². The van der Waals surface area contributed by atoms with Gasteiger partial charge in [0.15, 0.2) is 10.6 Å². The first-order valence-electron chi connectivity index (χ1n) is 6.74. The van der Waals surface area contributed by atoms with Crippen LogP contribution in [-0.4, -0.2) is 9.55 Å². The molecule has 108 valence electrons. The molecule has 0 aliphatic heterocycles. The van der Waals surface area contributed by atoms with Crippen LogP contribution in [0.25, 0.3) is 32.7 Å². The van der Waals surface area contributed by atoms with E-state index in [0.29, 0.717) is 32.7 Å². The van der Waals surface area contributed by atoms with E-state index in [1.54, 1.807) is 23.7 Å². The molecule has 0 N–H and O–H groups in total. The number of fused-ring (bicyclic) bond motifs is 4. The van der Waals surface area contributed by atoms with E-state index < -0.39 is 5.82 Å². The summed E-state index contributed by atoms with van der Waals surface area (Å²) in [6.45, 7) is 0. The minimum atomic E-state index is -0.437. The summed E-state index contributed by atoms with van der Waals surface area (Å²) in [4.78, 5) is 17.3. The summed E-state index contributed by atoms with van der Waals surface area (Å²) >= 11 is 6.30. The minimum absolute atomic E-state index is 0.233. The summed E-state index contributed by atoms with van der Waals surface area (Å²) in [5.74, 6) is -0.437. The van der Waals surface area contributed by atoms with Crippen molar-refractivity contribution in [1.82, 2.24) is 9.55 Å². The van der Waals surface area contributed by atoms with Crippen LogP contribution in [0.3, 0.4) is 0 Å². The number of pyridine rings is 2. The molecule has 0 bridgehead atoms. The molecule has 4 rings (SSSR count). The van der Waals surface area contributed by atoms with Gasteiger partial charge < -0.3 is 4.57 Å². The van der Waals surface area contributed by atoms with Crippen molar-refractivity contribution in [3.8, 4) is 0 Å². The molecule has 0 fully saturated rings. The number of hydrogen-bond acceptors (Lipinski definition) is 2. The molecule has 0 radical (unpaired) electrons. The molecule has 0 amide bonds. The predicted molar refractivity (Wildman–Crippen MR) is 87.0 cm³/mol. The van der Waals surface area contributed by atoms with E-state index in [4.69, 9.17) is 11.6 Å². The molecule has 3 nitrogen and oxygen atoms in total. The lowest BCUT2D eigenvalue weighted by molar-refractivity contribution is 0.629. The summed E-state index contributed by atoms with van der Waals surface area (Å²) < 4.78 is 15.3. The zero-order valence-corrected chi connectivity index (χ0v) is 12.4. The Morgan fingerprint density at radius 1 is 1.14 bits per heavy atom. The number of aromatic nitrogens is 2. The summed E-state index contributed by atoms with van der Waals surface area (Å²) in [5, 5.41) is 1.78. The monoisotopic (exact) mass is 312 g/mol. The molecular formula is C17H10ClFN2O. The maximum Gasteiger partial charge on any atom is 0.198 e. The van der Waals surface area contributed by atoms with Gasteiger partial charge in [-0.1, -0.05) is 29.8 Å². The van der Waals surface area contributed by atoms with Crippen LogP contribution in [0.1, 0.15) is 0 Å². The van der Waals surface area contributed by atoms with E-state index in [-0.39, 0.29) is 10.6 Å². The van der Waals surface area contributed by atoms with E-state index in [0.717, 1.165) is 0 Å². The molecule has 5 heteroatoms. The first kappa shape index (κ1) is 13.2. The van der Waals surface area contributed by atoms with Gasteiger partial charge in [0.05, 0.1) is 21.9 Å². The first-order chi connectivity index (χ1) is 10.6. The van der Waals surface area contributed by atoms with Gasteiger partial charge in [-0.2, -0.15) is 0 Å². The molecule has 22 heavy (non-hydrogen) atoms. The van der Waals surface area contributed by atoms with Crippen LogP contribution in [-0.2, 0) is 7.05 Å². The van der Waals surface area contributed by atoms with Crippen molar-refractivity contribution in [3.63, 3.8) is 0 Å². The molecule has 4 aromatic rings. The quantitative estimate of drug-likeness (QED) is 0.279. The Hall–Kier alpha value is -2.46. The SMILES string of the molecule is Cn1c2ccc(F)cc2c(=O)c2c3ccccc3nc(Cl)c21. The van der Waals surface area contributed by atoms with Crippen molar-refractivity contribution in [1.29, 1.82) is 0 Å². The Labute approximate surface area is 129 Å². The third-order valence-corrected chi connectivity index (χ3v) is 4.21. The van der Waals surface area contributed by atoms with Crippen LogP contribution >= 0.6 is 11.6 Å². The third-order valence-electron chi connectivity index (χ3n) is 3.95. The highest BCUT2D eigenvalue weighted by Gasteiger charge is 2.16. The van der Waals surface area contributed by atoms with E-state index >= 15 is 0 Å². The van der Waals surface area contributed by atoms with Gasteiger partial charge >= 0.3 is 0 Å². The molecule has 2 aromatic heterocycles. The molecule has 2 heterocycles. The average molecular weight is 313 g/mol. The lowest BCUT2D eigenvalue weighted by Gasteiger charge is -2.13. The number of rotatable bonds is 0. The van der Waals surface area contributed by atoms with Crippen molar-refractivity contribution in [3.05, 3.63) is 63.7 Å². The van der Waals surface area contributed by atoms with Gasteiger partial charge in [0.1, 0.15) is 5.82 Å². The Kier molecular flexibility index (Phi) is 2.71. The van der Waals surface area contributed by atoms with Gasteiger partial charge in [0.25, 0.3) is 0 Å². The molecule has 0 unspecified atom stereocenters. The maximum absolute atomic E-state index is 13.6. The van der Waals surface area contributed by atoms with Gasteiger partial charge in [0, 0.05) is 17.8 Å². The first-order valence-corrected chi connectivity index (χ1v) is 7.12. The zero-order chi connectivity index (χ0) is 15.4. The van der Waals surface area contributed by atoms with E-state index in [9.17, 15) is 9.18 Å². The van der Waals surface area contributed by atoms with E-state index in [1.165, 1.54) is 12.1 Å². The second kappa shape index (κ2) is 4.52. The van der Waals surface area contributed by atoms with Gasteiger partial charge in [-0.25, -0.2) is 9.37 Å². The zero-order valence-electron chi connectivity index (χ0n) is 11.6. The fourth-order valence-corrected chi connectivity index (χ4v) is 3.26. The Balaban J connectivity index is 2.43. The van der Waals surface area contributed by atoms with Gasteiger partial charge in [0.2, 0.25) is 0 Å². The standard InChI is InChI=1S/C17H10ClFN2O/c1-21-13-7-6-9(19)8-11(13)16(22)14-10-4-2-3-5-12(10)20-17(18)15(14)21/h2-8H,1H3. The number of para-hydroxylation sites is 1. The third kappa shape index (κ3) is 1.67. The number of hydrogen-bond donors (Lipinski definition) is 0. The lowest BCUT2D eigenvalue weighted by Crippen LogP contribution is -2.11. The highest BCUT2D eigenvalue weighted by molar-refractivity contribution is 6.35. The molecule has 2 aromatic carbocycles. The van der Waals surface area contributed by atoms with Crippen molar-refractivity contribution in [2.24, 2.45) is 7.05 Å². The molecule has 0 saturated carbocycles. The largest absolute Gasteiger partial charge is 0.341 e. The van der Waals surface area contributed by atoms with Gasteiger partial charge in [-0.15, -0.1) is 0 Å². The molecule has 0 spiro atoms. The lowest BCUT2D eigenvalue weighted by atomic mass is 10.1. The number of nitrogens with zero attached hydrogens (tertiary/aromatic N) is 2. The molecule has 0 atom stereocenters. The van der Waals surface area contributed by atoms with Crippen LogP contribution in [0.2, 0.25) is 5.15 Å². The smallest absolute Gasteiger partial charge is 0.198 e. The summed E-state index contributed by atoms with van der Waals surface area (Å²) in [6.07, 6.45) is 0. The fraction of sp³-hybridized carbons (Fsp3) is 0.0588. The molecule has 0 saturated heterocycles. The number of halogens is 2. The highest BCUT2D eigenvalue weighted by atomic mass is 35.5. The Morgan fingerprint density at radius 2 is 1.91 bits per heavy atom. The second-order valence-electron chi connectivity index (χ2n) is 5.19. The van der Waals surface area contributed by atoms with Crippen LogP contribution < -0.4 is 5.43 Å². The topological polar surface area (TPSA) is 34.9 Å². The Morgan fingerprint density at radius 3 is 2.73 bits per heavy atom. The van der Waals surface area contributed by atoms with E-state index in [2.05, 4.69) is 4.98 Å². The number of aryl methyl sites for hydroxylation is 1.